The molecule has 1 heterocycles. The first-order valence-corrected chi connectivity index (χ1v) is 12.9. The fourth-order valence-electron chi connectivity index (χ4n) is 4.55. The van der Waals surface area contributed by atoms with Gasteiger partial charge in [0.2, 0.25) is 11.8 Å². The second-order valence-corrected chi connectivity index (χ2v) is 9.89. The number of anilines is 1. The molecule has 1 saturated carbocycles. The molecule has 1 atom stereocenters. The highest BCUT2D eigenvalue weighted by atomic mass is 32.1. The SMILES string of the molecule is Cc1cccc(N(C(=O)CNC(=O)c2cccs2)[C@H](C(=O)NC2CCCC2)c2ccccc2)c1C. The van der Waals surface area contributed by atoms with E-state index < -0.39 is 6.04 Å². The zero-order valence-electron chi connectivity index (χ0n) is 20.1. The topological polar surface area (TPSA) is 78.5 Å². The van der Waals surface area contributed by atoms with Gasteiger partial charge in [0.1, 0.15) is 6.04 Å². The highest BCUT2D eigenvalue weighted by molar-refractivity contribution is 7.12. The lowest BCUT2D eigenvalue weighted by Gasteiger charge is -2.33. The molecule has 0 aliphatic heterocycles. The third-order valence-electron chi connectivity index (χ3n) is 6.57. The molecule has 1 aromatic heterocycles. The lowest BCUT2D eigenvalue weighted by atomic mass is 10.00. The minimum atomic E-state index is -0.858. The van der Waals surface area contributed by atoms with Gasteiger partial charge in [-0.25, -0.2) is 0 Å². The number of aryl methyl sites for hydroxylation is 1. The van der Waals surface area contributed by atoms with Crippen LogP contribution in [0.1, 0.15) is 58.1 Å². The van der Waals surface area contributed by atoms with Crippen LogP contribution < -0.4 is 15.5 Å². The number of hydrogen-bond donors (Lipinski definition) is 2. The van der Waals surface area contributed by atoms with Crippen molar-refractivity contribution in [2.45, 2.75) is 51.6 Å². The Morgan fingerprint density at radius 2 is 1.71 bits per heavy atom. The smallest absolute Gasteiger partial charge is 0.261 e. The quantitative estimate of drug-likeness (QED) is 0.471. The lowest BCUT2D eigenvalue weighted by molar-refractivity contribution is -0.126. The summed E-state index contributed by atoms with van der Waals surface area (Å²) < 4.78 is 0. The second kappa shape index (κ2) is 11.3. The van der Waals surface area contributed by atoms with Gasteiger partial charge in [0.05, 0.1) is 11.4 Å². The molecule has 2 N–H and O–H groups in total. The van der Waals surface area contributed by atoms with Gasteiger partial charge in [-0.1, -0.05) is 61.4 Å². The van der Waals surface area contributed by atoms with Crippen molar-refractivity contribution in [3.05, 3.63) is 87.6 Å². The summed E-state index contributed by atoms with van der Waals surface area (Å²) in [5.74, 6) is -0.859. The predicted octanol–water partition coefficient (Wildman–Crippen LogP) is 4.93. The Balaban J connectivity index is 1.70. The number of hydrogen-bond acceptors (Lipinski definition) is 4. The molecule has 3 amide bonds. The van der Waals surface area contributed by atoms with Gasteiger partial charge in [-0.05, 0) is 60.9 Å². The summed E-state index contributed by atoms with van der Waals surface area (Å²) in [7, 11) is 0. The molecule has 0 saturated heterocycles. The van der Waals surface area contributed by atoms with E-state index in [9.17, 15) is 14.4 Å². The van der Waals surface area contributed by atoms with Crippen LogP contribution in [0, 0.1) is 13.8 Å². The number of carbonyl (C=O) groups is 3. The fourth-order valence-corrected chi connectivity index (χ4v) is 5.19. The Hall–Kier alpha value is -3.45. The maximum absolute atomic E-state index is 13.8. The van der Waals surface area contributed by atoms with E-state index in [1.807, 2.05) is 67.8 Å². The normalized spacial score (nSPS) is 14.3. The summed E-state index contributed by atoms with van der Waals surface area (Å²) >= 11 is 1.32. The first-order valence-electron chi connectivity index (χ1n) is 12.0. The summed E-state index contributed by atoms with van der Waals surface area (Å²) in [5, 5.41) is 7.74. The second-order valence-electron chi connectivity index (χ2n) is 8.95. The number of rotatable bonds is 8. The van der Waals surface area contributed by atoms with Crippen LogP contribution in [-0.2, 0) is 9.59 Å². The molecule has 0 radical (unpaired) electrons. The Labute approximate surface area is 210 Å². The van der Waals surface area contributed by atoms with Crippen molar-refractivity contribution in [1.29, 1.82) is 0 Å². The molecule has 0 bridgehead atoms. The molecule has 182 valence electrons. The minimum Gasteiger partial charge on any atom is -0.351 e. The third-order valence-corrected chi connectivity index (χ3v) is 7.44. The number of nitrogens with one attached hydrogen (secondary N) is 2. The molecule has 1 fully saturated rings. The minimum absolute atomic E-state index is 0.114. The van der Waals surface area contributed by atoms with Crippen molar-refractivity contribution in [1.82, 2.24) is 10.6 Å². The maximum atomic E-state index is 13.8. The average molecular weight is 490 g/mol. The van der Waals surface area contributed by atoms with Crippen LogP contribution in [0.3, 0.4) is 0 Å². The Morgan fingerprint density at radius 3 is 2.40 bits per heavy atom. The van der Waals surface area contributed by atoms with E-state index in [0.29, 0.717) is 10.6 Å². The summed E-state index contributed by atoms with van der Waals surface area (Å²) in [5.41, 5.74) is 3.32. The van der Waals surface area contributed by atoms with E-state index in [2.05, 4.69) is 10.6 Å². The molecule has 7 heteroatoms. The average Bonchev–Trinajstić information content (AvgIpc) is 3.58. The zero-order chi connectivity index (χ0) is 24.8. The van der Waals surface area contributed by atoms with E-state index in [1.54, 1.807) is 17.0 Å². The van der Waals surface area contributed by atoms with Crippen molar-refractivity contribution in [3.63, 3.8) is 0 Å². The highest BCUT2D eigenvalue weighted by Gasteiger charge is 2.35. The first-order chi connectivity index (χ1) is 17.0. The summed E-state index contributed by atoms with van der Waals surface area (Å²) in [6.07, 6.45) is 4.08. The molecular formula is C28H31N3O3S. The van der Waals surface area contributed by atoms with Gasteiger partial charge in [-0.15, -0.1) is 11.3 Å². The molecule has 0 unspecified atom stereocenters. The number of thiophene rings is 1. The first kappa shape index (κ1) is 24.7. The fraction of sp³-hybridized carbons (Fsp3) is 0.321. The number of nitrogens with zero attached hydrogens (tertiary/aromatic N) is 1. The van der Waals surface area contributed by atoms with Crippen LogP contribution >= 0.6 is 11.3 Å². The van der Waals surface area contributed by atoms with E-state index in [4.69, 9.17) is 0 Å². The van der Waals surface area contributed by atoms with Crippen LogP contribution in [0.25, 0.3) is 0 Å². The summed E-state index contributed by atoms with van der Waals surface area (Å²) in [6.45, 7) is 3.71. The molecule has 4 rings (SSSR count). The molecule has 1 aliphatic rings. The Kier molecular flexibility index (Phi) is 7.98. The van der Waals surface area contributed by atoms with Crippen molar-refractivity contribution in [2.24, 2.45) is 0 Å². The Bertz CT molecular complexity index is 1170. The molecule has 6 nitrogen and oxygen atoms in total. The van der Waals surface area contributed by atoms with Gasteiger partial charge >= 0.3 is 0 Å². The maximum Gasteiger partial charge on any atom is 0.261 e. The molecule has 35 heavy (non-hydrogen) atoms. The molecule has 0 spiro atoms. The van der Waals surface area contributed by atoms with Crippen LogP contribution in [0.5, 0.6) is 0 Å². The summed E-state index contributed by atoms with van der Waals surface area (Å²) in [6, 6.07) is 17.9. The molecular weight excluding hydrogens is 458 g/mol. The molecule has 1 aliphatic carbocycles. The largest absolute Gasteiger partial charge is 0.351 e. The van der Waals surface area contributed by atoms with Crippen molar-refractivity contribution < 1.29 is 14.4 Å². The zero-order valence-corrected chi connectivity index (χ0v) is 20.9. The lowest BCUT2D eigenvalue weighted by Crippen LogP contribution is -2.49. The van der Waals surface area contributed by atoms with Gasteiger partial charge < -0.3 is 10.6 Å². The van der Waals surface area contributed by atoms with Gasteiger partial charge in [0.25, 0.3) is 5.91 Å². The summed E-state index contributed by atoms with van der Waals surface area (Å²) in [4.78, 5) is 42.2. The Morgan fingerprint density at radius 1 is 0.971 bits per heavy atom. The van der Waals surface area contributed by atoms with Gasteiger partial charge in [0.15, 0.2) is 0 Å². The van der Waals surface area contributed by atoms with Gasteiger partial charge in [0, 0.05) is 11.7 Å². The van der Waals surface area contributed by atoms with E-state index in [-0.39, 0.29) is 30.3 Å². The number of carbonyl (C=O) groups excluding carboxylic acids is 3. The van der Waals surface area contributed by atoms with Crippen LogP contribution in [-0.4, -0.2) is 30.3 Å². The van der Waals surface area contributed by atoms with Crippen molar-refractivity contribution in [3.8, 4) is 0 Å². The van der Waals surface area contributed by atoms with E-state index >= 15 is 0 Å². The number of benzene rings is 2. The predicted molar refractivity (Wildman–Crippen MR) is 140 cm³/mol. The van der Waals surface area contributed by atoms with Crippen LogP contribution in [0.15, 0.2) is 66.0 Å². The van der Waals surface area contributed by atoms with Crippen molar-refractivity contribution >= 4 is 34.7 Å². The van der Waals surface area contributed by atoms with Crippen LogP contribution in [0.4, 0.5) is 5.69 Å². The van der Waals surface area contributed by atoms with Gasteiger partial charge in [-0.2, -0.15) is 0 Å². The van der Waals surface area contributed by atoms with E-state index in [0.717, 1.165) is 42.4 Å². The van der Waals surface area contributed by atoms with Gasteiger partial charge in [-0.3, -0.25) is 19.3 Å². The standard InChI is InChI=1S/C28H31N3O3S/c1-19-10-8-15-23(20(19)2)31(25(32)18-29-27(33)24-16-9-17-35-24)26(21-11-4-3-5-12-21)28(34)30-22-13-6-7-14-22/h3-5,8-12,15-17,22,26H,6-7,13-14,18H2,1-2H3,(H,29,33)(H,30,34)/t26-/m0/s1. The molecule has 2 aromatic carbocycles. The third kappa shape index (κ3) is 5.80. The molecule has 3 aromatic rings. The monoisotopic (exact) mass is 489 g/mol. The van der Waals surface area contributed by atoms with Crippen molar-refractivity contribution in [2.75, 3.05) is 11.4 Å². The number of amides is 3. The van der Waals surface area contributed by atoms with Crippen LogP contribution in [0.2, 0.25) is 0 Å². The highest BCUT2D eigenvalue weighted by Crippen LogP contribution is 2.32. The van der Waals surface area contributed by atoms with E-state index in [1.165, 1.54) is 11.3 Å².